The van der Waals surface area contributed by atoms with E-state index in [0.29, 0.717) is 12.6 Å². The Bertz CT molecular complexity index is 299. The third-order valence-electron chi connectivity index (χ3n) is 3.07. The van der Waals surface area contributed by atoms with Crippen LogP contribution in [0.15, 0.2) is 0 Å². The summed E-state index contributed by atoms with van der Waals surface area (Å²) in [5, 5.41) is 8.41. The number of nitrogens with zero attached hydrogens (tertiary/aromatic N) is 3. The average molecular weight is 194 g/mol. The molecule has 1 heterocycles. The fraction of sp³-hybridized carbons (Fsp3) is 0.800. The van der Waals surface area contributed by atoms with Gasteiger partial charge in [-0.2, -0.15) is 0 Å². The minimum absolute atomic E-state index is 0.557. The Labute approximate surface area is 84.5 Å². The molecule has 4 nitrogen and oxygen atoms in total. The van der Waals surface area contributed by atoms with Gasteiger partial charge in [-0.05, 0) is 19.3 Å². The van der Waals surface area contributed by atoms with Gasteiger partial charge in [-0.25, -0.2) is 4.68 Å². The van der Waals surface area contributed by atoms with Crippen molar-refractivity contribution in [3.05, 3.63) is 11.4 Å². The van der Waals surface area contributed by atoms with Crippen LogP contribution >= 0.6 is 0 Å². The number of hydrogen-bond acceptors (Lipinski definition) is 3. The van der Waals surface area contributed by atoms with E-state index in [2.05, 4.69) is 21.9 Å². The quantitative estimate of drug-likeness (QED) is 0.791. The molecule has 0 amide bonds. The molecule has 78 valence electrons. The van der Waals surface area contributed by atoms with Crippen LogP contribution < -0.4 is 5.73 Å². The van der Waals surface area contributed by atoms with Crippen molar-refractivity contribution in [1.82, 2.24) is 15.0 Å². The highest BCUT2D eigenvalue weighted by molar-refractivity contribution is 5.10. The summed E-state index contributed by atoms with van der Waals surface area (Å²) >= 11 is 0. The summed E-state index contributed by atoms with van der Waals surface area (Å²) in [7, 11) is 0. The van der Waals surface area contributed by atoms with E-state index >= 15 is 0 Å². The second-order valence-corrected chi connectivity index (χ2v) is 3.92. The zero-order valence-electron chi connectivity index (χ0n) is 8.74. The van der Waals surface area contributed by atoms with Gasteiger partial charge in [0, 0.05) is 6.54 Å². The summed E-state index contributed by atoms with van der Waals surface area (Å²) in [6.07, 6.45) is 6.03. The van der Waals surface area contributed by atoms with Crippen LogP contribution in [0.4, 0.5) is 0 Å². The molecule has 2 rings (SSSR count). The molecule has 1 aliphatic rings. The van der Waals surface area contributed by atoms with Crippen LogP contribution in [0, 0.1) is 0 Å². The van der Waals surface area contributed by atoms with E-state index in [1.54, 1.807) is 0 Å². The maximum atomic E-state index is 5.74. The number of hydrogen-bond donors (Lipinski definition) is 1. The van der Waals surface area contributed by atoms with Gasteiger partial charge in [-0.3, -0.25) is 0 Å². The van der Waals surface area contributed by atoms with Crippen LogP contribution in [0.3, 0.4) is 0 Å². The zero-order valence-corrected chi connectivity index (χ0v) is 8.74. The molecule has 0 unspecified atom stereocenters. The van der Waals surface area contributed by atoms with Gasteiger partial charge in [-0.15, -0.1) is 5.10 Å². The van der Waals surface area contributed by atoms with Crippen LogP contribution in [0.1, 0.15) is 50.0 Å². The third-order valence-corrected chi connectivity index (χ3v) is 3.07. The molecule has 1 aromatic rings. The predicted molar refractivity (Wildman–Crippen MR) is 54.8 cm³/mol. The van der Waals surface area contributed by atoms with Crippen LogP contribution in [0.25, 0.3) is 0 Å². The lowest BCUT2D eigenvalue weighted by atomic mass is 10.2. The Hall–Kier alpha value is -0.900. The number of aromatic nitrogens is 3. The van der Waals surface area contributed by atoms with E-state index in [-0.39, 0.29) is 0 Å². The highest BCUT2D eigenvalue weighted by Gasteiger charge is 2.21. The Kier molecular flexibility index (Phi) is 2.82. The smallest absolute Gasteiger partial charge is 0.0869 e. The molecule has 0 bridgehead atoms. The predicted octanol–water partition coefficient (Wildman–Crippen LogP) is 1.41. The number of nitrogens with two attached hydrogens (primary N) is 1. The molecule has 1 saturated carbocycles. The molecule has 1 fully saturated rings. The van der Waals surface area contributed by atoms with E-state index in [0.717, 1.165) is 17.8 Å². The van der Waals surface area contributed by atoms with E-state index in [9.17, 15) is 0 Å². The number of rotatable bonds is 3. The first-order valence-electron chi connectivity index (χ1n) is 5.49. The maximum Gasteiger partial charge on any atom is 0.0869 e. The molecular formula is C10H18N4. The Morgan fingerprint density at radius 1 is 1.43 bits per heavy atom. The Balaban J connectivity index is 2.27. The molecule has 1 aliphatic carbocycles. The second kappa shape index (κ2) is 4.09. The van der Waals surface area contributed by atoms with Crippen molar-refractivity contribution < 1.29 is 0 Å². The Morgan fingerprint density at radius 2 is 2.14 bits per heavy atom. The van der Waals surface area contributed by atoms with Crippen molar-refractivity contribution in [3.8, 4) is 0 Å². The summed E-state index contributed by atoms with van der Waals surface area (Å²) in [5.74, 6) is 0. The van der Waals surface area contributed by atoms with Gasteiger partial charge in [0.05, 0.1) is 17.4 Å². The largest absolute Gasteiger partial charge is 0.325 e. The lowest BCUT2D eigenvalue weighted by molar-refractivity contribution is 0.438. The monoisotopic (exact) mass is 194 g/mol. The second-order valence-electron chi connectivity index (χ2n) is 3.92. The summed E-state index contributed by atoms with van der Waals surface area (Å²) in [5.41, 5.74) is 7.95. The molecule has 0 aromatic carbocycles. The van der Waals surface area contributed by atoms with Crippen LogP contribution in [-0.2, 0) is 13.0 Å². The van der Waals surface area contributed by atoms with E-state index in [1.807, 2.05) is 0 Å². The Morgan fingerprint density at radius 3 is 2.71 bits per heavy atom. The standard InChI is InChI=1S/C10H18N4/c1-2-9-10(7-11)14(13-12-9)8-5-3-4-6-8/h8H,2-7,11H2,1H3. The zero-order chi connectivity index (χ0) is 9.97. The average Bonchev–Trinajstić information content (AvgIpc) is 2.85. The van der Waals surface area contributed by atoms with Gasteiger partial charge >= 0.3 is 0 Å². The van der Waals surface area contributed by atoms with Gasteiger partial charge in [0.1, 0.15) is 0 Å². The molecule has 0 radical (unpaired) electrons. The molecule has 2 N–H and O–H groups in total. The molecule has 0 spiro atoms. The summed E-state index contributed by atoms with van der Waals surface area (Å²) in [6.45, 7) is 2.66. The van der Waals surface area contributed by atoms with Crippen molar-refractivity contribution in [2.75, 3.05) is 0 Å². The molecule has 4 heteroatoms. The van der Waals surface area contributed by atoms with E-state index in [4.69, 9.17) is 5.73 Å². The first-order valence-corrected chi connectivity index (χ1v) is 5.49. The van der Waals surface area contributed by atoms with Gasteiger partial charge in [-0.1, -0.05) is 25.0 Å². The first kappa shape index (κ1) is 9.65. The highest BCUT2D eigenvalue weighted by atomic mass is 15.4. The van der Waals surface area contributed by atoms with Crippen LogP contribution in [0.2, 0.25) is 0 Å². The molecule has 0 aliphatic heterocycles. The van der Waals surface area contributed by atoms with Gasteiger partial charge in [0.2, 0.25) is 0 Å². The van der Waals surface area contributed by atoms with Crippen molar-refractivity contribution in [2.45, 2.75) is 51.6 Å². The first-order chi connectivity index (χ1) is 6.86. The topological polar surface area (TPSA) is 56.7 Å². The molecule has 1 aromatic heterocycles. The lowest BCUT2D eigenvalue weighted by Crippen LogP contribution is -2.14. The fourth-order valence-corrected chi connectivity index (χ4v) is 2.27. The van der Waals surface area contributed by atoms with Crippen molar-refractivity contribution in [3.63, 3.8) is 0 Å². The van der Waals surface area contributed by atoms with E-state index in [1.165, 1.54) is 25.7 Å². The van der Waals surface area contributed by atoms with Gasteiger partial charge in [0.25, 0.3) is 0 Å². The van der Waals surface area contributed by atoms with Gasteiger partial charge in [0.15, 0.2) is 0 Å². The summed E-state index contributed by atoms with van der Waals surface area (Å²) in [6, 6.07) is 0.557. The third kappa shape index (κ3) is 1.54. The van der Waals surface area contributed by atoms with Crippen molar-refractivity contribution in [2.24, 2.45) is 5.73 Å². The molecule has 0 saturated heterocycles. The van der Waals surface area contributed by atoms with Crippen molar-refractivity contribution >= 4 is 0 Å². The van der Waals surface area contributed by atoms with Crippen LogP contribution in [-0.4, -0.2) is 15.0 Å². The molecule has 14 heavy (non-hydrogen) atoms. The SMILES string of the molecule is CCc1nnn(C2CCCC2)c1CN. The van der Waals surface area contributed by atoms with Crippen molar-refractivity contribution in [1.29, 1.82) is 0 Å². The van der Waals surface area contributed by atoms with Gasteiger partial charge < -0.3 is 5.73 Å². The lowest BCUT2D eigenvalue weighted by Gasteiger charge is -2.12. The summed E-state index contributed by atoms with van der Waals surface area (Å²) < 4.78 is 2.06. The fourth-order valence-electron chi connectivity index (χ4n) is 2.27. The number of aryl methyl sites for hydroxylation is 1. The normalized spacial score (nSPS) is 17.9. The highest BCUT2D eigenvalue weighted by Crippen LogP contribution is 2.30. The minimum atomic E-state index is 0.557. The maximum absolute atomic E-state index is 5.74. The molecular weight excluding hydrogens is 176 g/mol. The molecule has 0 atom stereocenters. The van der Waals surface area contributed by atoms with E-state index < -0.39 is 0 Å². The minimum Gasteiger partial charge on any atom is -0.325 e. The summed E-state index contributed by atoms with van der Waals surface area (Å²) in [4.78, 5) is 0. The van der Waals surface area contributed by atoms with Crippen LogP contribution in [0.5, 0.6) is 0 Å².